The van der Waals surface area contributed by atoms with Crippen molar-refractivity contribution in [2.24, 2.45) is 16.8 Å². The highest BCUT2D eigenvalue weighted by atomic mass is 35.5. The lowest BCUT2D eigenvalue weighted by molar-refractivity contribution is 0.0515. The zero-order valence-corrected chi connectivity index (χ0v) is 78.7. The van der Waals surface area contributed by atoms with E-state index in [0.29, 0.717) is 95.5 Å². The van der Waals surface area contributed by atoms with Crippen LogP contribution in [0.3, 0.4) is 0 Å². The van der Waals surface area contributed by atoms with Crippen LogP contribution in [0.4, 0.5) is 4.79 Å². The van der Waals surface area contributed by atoms with Crippen LogP contribution in [-0.4, -0.2) is 194 Å². The summed E-state index contributed by atoms with van der Waals surface area (Å²) in [6.45, 7) is 27.9. The maximum atomic E-state index is 11.9. The summed E-state index contributed by atoms with van der Waals surface area (Å²) in [7, 11) is 0. The molecule has 2 aromatic carbocycles. The number of aliphatic imine (C=N–C) groups is 1. The molecule has 0 atom stereocenters. The van der Waals surface area contributed by atoms with Crippen molar-refractivity contribution in [2.45, 2.75) is 166 Å². The van der Waals surface area contributed by atoms with E-state index < -0.39 is 42.3 Å². The number of carboxylic acids is 1. The summed E-state index contributed by atoms with van der Waals surface area (Å²) in [5.41, 5.74) is 3.34. The molecule has 0 unspecified atom stereocenters. The second kappa shape index (κ2) is 53.5. The van der Waals surface area contributed by atoms with Gasteiger partial charge in [-0.15, -0.1) is 11.6 Å². The zero-order valence-electron chi connectivity index (χ0n) is 82.4. The average Bonchev–Trinajstić information content (AvgIpc) is 1.73. The summed E-state index contributed by atoms with van der Waals surface area (Å²) in [5.74, 6) is 3.53. The number of benzene rings is 2. The van der Waals surface area contributed by atoms with E-state index in [2.05, 4.69) is 124 Å². The summed E-state index contributed by atoms with van der Waals surface area (Å²) < 4.78 is 85.6. The number of hydrogen-bond acceptors (Lipinski definition) is 34. The predicted octanol–water partition coefficient (Wildman–Crippen LogP) is 17.2. The van der Waals surface area contributed by atoms with Crippen LogP contribution in [0.1, 0.15) is 253 Å². The monoisotopic (exact) mass is 1910 g/mol. The van der Waals surface area contributed by atoms with Crippen molar-refractivity contribution in [1.29, 1.82) is 0 Å². The number of nitrogens with zero attached hydrogens (tertiary/aromatic N) is 25. The number of hydrogen-bond donors (Lipinski definition) is 3. The second-order valence-electron chi connectivity index (χ2n) is 30.2. The lowest BCUT2D eigenvalue weighted by Gasteiger charge is -2.14. The highest BCUT2D eigenvalue weighted by molar-refractivity contribution is 6.61. The Bertz CT molecular complexity index is 6610. The first-order valence-electron chi connectivity index (χ1n) is 44.7. The standard InChI is InChI=1S/C19H17N5O3.C13H16N4O2.C11H13ClN4.C11H12N4O2.C11H14N4O.C8H5NO3.C7H7ClN2O2.C7H11N.C5H9ClO2/c1-12(2)18-21-5-6-24(18)19-13(7-20-10-22-19)9-26-16-4-3-15-17(14(16)8-25)27-11-23-15;1-4-19-13(18)10-7-14-8-16-12(10)17-6-5-15-11(17)9(2)3;1-8(2)10-14-3-4-16(10)11-9(5-12)6-13-7-15-11;1-7(2)9-13-3-4-15(9)10-8(11(16)17)5-12-6-14-10;1-8(2)10-13-3-4-15(10)11-9(6-16)5-12-7-14-11;10-3-5-7(11)2-1-6-8(5)12-4-9-6;1-2-12-7(11)5-3-9-4-10-6(5)8;1-6(2)7-4-3-5-8-7;1-4(2)3-8-5(6)7/h3-8,10-12H,9H2,1-2H3;5-9H,4H2,1-3H3;3-4,6-8H,5H2,1-2H3;3-7H,1-2H3,(H,16,17);3-5,7-8,16H,6H2,1-2H3;1-4,11H;3-4H,2H2,1H3;3,5-6H,4H2,1-2H3;4H,3H2,1-2H3/i9D2;;5D2;;6D2;;;;. The summed E-state index contributed by atoms with van der Waals surface area (Å²) in [6, 6.07) is 6.06. The van der Waals surface area contributed by atoms with Crippen LogP contribution >= 0.6 is 34.8 Å². The van der Waals surface area contributed by atoms with Gasteiger partial charge in [0.15, 0.2) is 48.2 Å². The molecule has 0 spiro atoms. The third-order valence-electron chi connectivity index (χ3n) is 18.0. The molecule has 0 aliphatic carbocycles. The highest BCUT2D eigenvalue weighted by Crippen LogP contribution is 2.30. The van der Waals surface area contributed by atoms with Gasteiger partial charge in [-0.25, -0.2) is 114 Å². The van der Waals surface area contributed by atoms with Gasteiger partial charge in [0.05, 0.1) is 43.3 Å². The number of carbonyl (C=O) groups is 6. The molecule has 0 saturated heterocycles. The van der Waals surface area contributed by atoms with Crippen LogP contribution in [0.25, 0.3) is 51.3 Å². The predicted molar refractivity (Wildman–Crippen MR) is 500 cm³/mol. The summed E-state index contributed by atoms with van der Waals surface area (Å²) in [6.07, 6.45) is 41.5. The molecule has 0 saturated carbocycles. The maximum absolute atomic E-state index is 11.9. The zero-order chi connectivity index (χ0) is 104. The number of carboxylic acid groups (broad SMARTS) is 1. The van der Waals surface area contributed by atoms with Crippen molar-refractivity contribution in [1.82, 2.24) is 118 Å². The Kier molecular flexibility index (Phi) is 38.0. The molecule has 0 amide bonds. The van der Waals surface area contributed by atoms with Crippen LogP contribution in [0.2, 0.25) is 5.15 Å². The lowest BCUT2D eigenvalue weighted by atomic mass is 10.1. The Morgan fingerprint density at radius 3 is 1.25 bits per heavy atom. The second-order valence-corrected chi connectivity index (χ2v) is 31.0. The molecule has 15 aromatic rings. The maximum Gasteiger partial charge on any atom is 0.403 e. The van der Waals surface area contributed by atoms with Crippen molar-refractivity contribution >= 4 is 98.6 Å². The van der Waals surface area contributed by atoms with Gasteiger partial charge in [0.2, 0.25) is 0 Å². The van der Waals surface area contributed by atoms with E-state index >= 15 is 0 Å². The first-order chi connectivity index (χ1) is 67.0. The van der Waals surface area contributed by atoms with Crippen LogP contribution in [0.5, 0.6) is 11.5 Å². The summed E-state index contributed by atoms with van der Waals surface area (Å²) in [5, 5.41) is 27.9. The number of imidazole rings is 5. The lowest BCUT2D eigenvalue weighted by Crippen LogP contribution is -2.13. The minimum atomic E-state index is -2.49. The first kappa shape index (κ1) is 96.0. The molecule has 43 heteroatoms. The van der Waals surface area contributed by atoms with Crippen molar-refractivity contribution < 1.29 is 80.1 Å². The number of aromatic carboxylic acids is 1. The number of ether oxygens (including phenoxy) is 4. The normalized spacial score (nSPS) is 12.1. The summed E-state index contributed by atoms with van der Waals surface area (Å²) >= 11 is 16.2. The average molecular weight is 1910 g/mol. The fourth-order valence-electron chi connectivity index (χ4n) is 11.9. The SMILES string of the molecule is CC(C)C1=NC=CC1.CC(C)COC(=O)Cl.CC(C)c1nccn1-c1ncncc1C(=O)O.CCOC(=O)c1cncnc1-n1ccnc1C(C)C.CCOC(=O)c1cncnc1Cl.O=Cc1c(O)ccc2ncoc12.[2H]C([2H])(Cl)c1cncnc1-n1ccnc1C(C)C.[2H]C([2H])(O)c1cncnc1-n1ccnc1C(C)C.[2H]C([2H])(Oc1ccc2ncoc2c1C=O)c1cncnc1-n1ccnc1C(C)C. The quantitative estimate of drug-likeness (QED) is 0.0119. The molecule has 1 aliphatic heterocycles. The number of aromatic nitrogens is 24. The number of carbonyl (C=O) groups excluding carboxylic acids is 5. The van der Waals surface area contributed by atoms with Gasteiger partial charge in [-0.05, 0) is 49.9 Å². The van der Waals surface area contributed by atoms with E-state index in [1.54, 1.807) is 111 Å². The van der Waals surface area contributed by atoms with Gasteiger partial charge >= 0.3 is 23.3 Å². The van der Waals surface area contributed by atoms with Gasteiger partial charge in [0, 0.05) is 173 Å². The Labute approximate surface area is 800 Å². The minimum Gasteiger partial charge on any atom is -0.507 e. The number of rotatable bonds is 25. The number of allylic oxidation sites excluding steroid dienone is 1. The smallest absolute Gasteiger partial charge is 0.403 e. The van der Waals surface area contributed by atoms with E-state index in [4.69, 9.17) is 71.2 Å². The van der Waals surface area contributed by atoms with E-state index in [1.807, 2.05) is 89.3 Å². The number of phenolic OH excluding ortho intramolecular Hbond substituents is 1. The van der Waals surface area contributed by atoms with Gasteiger partial charge in [-0.3, -0.25) is 37.4 Å². The number of alkyl halides is 1. The molecule has 708 valence electrons. The Morgan fingerprint density at radius 2 is 0.867 bits per heavy atom. The molecule has 1 aliphatic rings. The first-order valence-corrected chi connectivity index (χ1v) is 42.8. The molecule has 40 nitrogen and oxygen atoms in total. The number of aromatic hydroxyl groups is 1. The van der Waals surface area contributed by atoms with Crippen LogP contribution in [0.15, 0.2) is 200 Å². The van der Waals surface area contributed by atoms with Crippen LogP contribution < -0.4 is 4.74 Å². The molecule has 0 radical (unpaired) electrons. The van der Waals surface area contributed by atoms with Gasteiger partial charge in [0.1, 0.15) is 147 Å². The molecule has 135 heavy (non-hydrogen) atoms. The topological polar surface area (TPSA) is 508 Å². The highest BCUT2D eigenvalue weighted by Gasteiger charge is 2.24. The van der Waals surface area contributed by atoms with Gasteiger partial charge in [-0.1, -0.05) is 115 Å². The number of esters is 2. The Morgan fingerprint density at radius 1 is 0.481 bits per heavy atom. The van der Waals surface area contributed by atoms with Crippen LogP contribution in [-0.2, 0) is 33.2 Å². The third-order valence-corrected chi connectivity index (χ3v) is 18.6. The van der Waals surface area contributed by atoms with Gasteiger partial charge in [0.25, 0.3) is 0 Å². The van der Waals surface area contributed by atoms with Crippen molar-refractivity contribution in [3.8, 4) is 40.6 Å². The molecule has 3 N–H and O–H groups in total. The number of aliphatic hydroxyl groups is 1. The minimum absolute atomic E-state index is 0.0184. The molecule has 14 heterocycles. The molecular weight excluding hydrogens is 1800 g/mol. The largest absolute Gasteiger partial charge is 0.507 e. The number of fused-ring (bicyclic) bond motifs is 2. The Balaban J connectivity index is 0.000000199. The van der Waals surface area contributed by atoms with Crippen molar-refractivity contribution in [3.63, 3.8) is 0 Å². The van der Waals surface area contributed by atoms with Gasteiger partial charge < -0.3 is 43.1 Å². The third kappa shape index (κ3) is 29.7. The molecule has 0 fully saturated rings. The van der Waals surface area contributed by atoms with E-state index in [0.717, 1.165) is 35.5 Å². The fraction of sp³-hybridized carbons (Fsp3) is 0.326. The molecule has 16 rings (SSSR count). The summed E-state index contributed by atoms with van der Waals surface area (Å²) in [4.78, 5) is 146. The Hall–Kier alpha value is -15.0. The fourth-order valence-corrected chi connectivity index (χ4v) is 12.2. The van der Waals surface area contributed by atoms with E-state index in [1.165, 1.54) is 106 Å². The molecule has 13 aromatic heterocycles. The van der Waals surface area contributed by atoms with E-state index in [9.17, 15) is 39.0 Å². The number of phenols is 1. The number of oxazole rings is 2. The van der Waals surface area contributed by atoms with E-state index in [-0.39, 0.29) is 90.8 Å². The van der Waals surface area contributed by atoms with Crippen molar-refractivity contribution in [2.75, 3.05) is 19.8 Å². The van der Waals surface area contributed by atoms with Crippen LogP contribution in [0, 0.1) is 11.8 Å². The molecule has 0 bridgehead atoms. The van der Waals surface area contributed by atoms with Crippen molar-refractivity contribution in [3.05, 3.63) is 265 Å². The number of halogens is 3. The molecular formula is C92H104Cl3N25O15. The number of aldehydes is 2. The van der Waals surface area contributed by atoms with Gasteiger partial charge in [-0.2, -0.15) is 0 Å².